The Kier molecular flexibility index (Phi) is 5.41. The van der Waals surface area contributed by atoms with Crippen LogP contribution in [0.15, 0.2) is 18.2 Å². The minimum atomic E-state index is -3.10. The topological polar surface area (TPSA) is 58.6 Å². The molecule has 1 aromatic rings. The number of nitrogens with zero attached hydrogens (tertiary/aromatic N) is 1. The van der Waals surface area contributed by atoms with E-state index in [0.29, 0.717) is 25.6 Å². The molecule has 2 rings (SSSR count). The molecule has 7 heteroatoms. The Labute approximate surface area is 131 Å². The van der Waals surface area contributed by atoms with Crippen LogP contribution in [0, 0.1) is 11.7 Å². The molecule has 0 saturated carbocycles. The highest BCUT2D eigenvalue weighted by Crippen LogP contribution is 2.23. The lowest BCUT2D eigenvalue weighted by atomic mass is 10.1. The van der Waals surface area contributed by atoms with Crippen molar-refractivity contribution in [1.82, 2.24) is 9.62 Å². The van der Waals surface area contributed by atoms with E-state index in [0.717, 1.165) is 12.0 Å². The van der Waals surface area contributed by atoms with Gasteiger partial charge in [-0.05, 0) is 43.5 Å². The predicted molar refractivity (Wildman–Crippen MR) is 83.9 cm³/mol. The molecule has 1 aliphatic heterocycles. The highest BCUT2D eigenvalue weighted by atomic mass is 32.2. The summed E-state index contributed by atoms with van der Waals surface area (Å²) in [7, 11) is -1.66. The van der Waals surface area contributed by atoms with Gasteiger partial charge in [0.25, 0.3) is 0 Å². The molecular formula is C15H23FN2O3S. The fourth-order valence-corrected chi connectivity index (χ4v) is 3.60. The molecule has 0 aliphatic carbocycles. The lowest BCUT2D eigenvalue weighted by molar-refractivity contribution is 0.385. The van der Waals surface area contributed by atoms with E-state index < -0.39 is 10.0 Å². The Balaban J connectivity index is 1.88. The number of hydrogen-bond acceptors (Lipinski definition) is 4. The first-order valence-electron chi connectivity index (χ1n) is 7.33. The summed E-state index contributed by atoms with van der Waals surface area (Å²) in [5, 5.41) is 3.35. The largest absolute Gasteiger partial charge is 0.494 e. The summed E-state index contributed by atoms with van der Waals surface area (Å²) in [6.45, 7) is 3.80. The number of benzene rings is 1. The van der Waals surface area contributed by atoms with Crippen molar-refractivity contribution in [1.29, 1.82) is 0 Å². The molecule has 0 unspecified atom stereocenters. The molecular weight excluding hydrogens is 307 g/mol. The summed E-state index contributed by atoms with van der Waals surface area (Å²) < 4.78 is 43.1. The van der Waals surface area contributed by atoms with Gasteiger partial charge < -0.3 is 10.1 Å². The first-order valence-corrected chi connectivity index (χ1v) is 9.18. The van der Waals surface area contributed by atoms with Crippen molar-refractivity contribution in [3.63, 3.8) is 0 Å². The normalized spacial score (nSPS) is 21.0. The number of rotatable bonds is 6. The van der Waals surface area contributed by atoms with Gasteiger partial charge in [0.2, 0.25) is 10.0 Å². The van der Waals surface area contributed by atoms with E-state index in [1.165, 1.54) is 23.7 Å². The lowest BCUT2D eigenvalue weighted by Crippen LogP contribution is -2.31. The quantitative estimate of drug-likeness (QED) is 0.864. The number of sulfonamides is 1. The maximum Gasteiger partial charge on any atom is 0.211 e. The van der Waals surface area contributed by atoms with Crippen LogP contribution in [0.1, 0.15) is 24.9 Å². The van der Waals surface area contributed by atoms with Crippen LogP contribution in [0.25, 0.3) is 0 Å². The van der Waals surface area contributed by atoms with Gasteiger partial charge in [-0.3, -0.25) is 0 Å². The van der Waals surface area contributed by atoms with E-state index in [1.54, 1.807) is 6.07 Å². The minimum Gasteiger partial charge on any atom is -0.494 e. The van der Waals surface area contributed by atoms with Gasteiger partial charge in [0, 0.05) is 19.1 Å². The Hall–Kier alpha value is -1.18. The Morgan fingerprint density at radius 3 is 2.77 bits per heavy atom. The average Bonchev–Trinajstić information content (AvgIpc) is 2.93. The summed E-state index contributed by atoms with van der Waals surface area (Å²) in [5.41, 5.74) is 0.844. The van der Waals surface area contributed by atoms with E-state index in [-0.39, 0.29) is 17.6 Å². The summed E-state index contributed by atoms with van der Waals surface area (Å²) in [5.74, 6) is 0.147. The standard InChI is InChI=1S/C15H23FN2O3S/c1-11(13-4-5-15(21-2)14(16)8-13)17-9-12-6-7-18(10-12)22(3,19)20/h4-5,8,11-12,17H,6-7,9-10H2,1-3H3/t11-,12+/m0/s1. The second kappa shape index (κ2) is 6.93. The van der Waals surface area contributed by atoms with Crippen LogP contribution in [0.5, 0.6) is 5.75 Å². The van der Waals surface area contributed by atoms with Gasteiger partial charge >= 0.3 is 0 Å². The minimum absolute atomic E-state index is 0.00677. The van der Waals surface area contributed by atoms with Crippen molar-refractivity contribution >= 4 is 10.0 Å². The molecule has 1 N–H and O–H groups in total. The van der Waals surface area contributed by atoms with Gasteiger partial charge in [0.15, 0.2) is 11.6 Å². The van der Waals surface area contributed by atoms with Crippen LogP contribution in [0.4, 0.5) is 4.39 Å². The smallest absolute Gasteiger partial charge is 0.211 e. The first kappa shape index (κ1) is 17.2. The second-order valence-corrected chi connectivity index (χ2v) is 7.78. The highest BCUT2D eigenvalue weighted by Gasteiger charge is 2.28. The number of nitrogens with one attached hydrogen (secondary N) is 1. The van der Waals surface area contributed by atoms with Crippen molar-refractivity contribution < 1.29 is 17.5 Å². The molecule has 5 nitrogen and oxygen atoms in total. The first-order chi connectivity index (χ1) is 10.3. The van der Waals surface area contributed by atoms with Gasteiger partial charge in [-0.1, -0.05) is 6.07 Å². The van der Waals surface area contributed by atoms with Gasteiger partial charge in [-0.2, -0.15) is 0 Å². The molecule has 1 heterocycles. The molecule has 1 aliphatic rings. The molecule has 0 radical (unpaired) electrons. The van der Waals surface area contributed by atoms with Gasteiger partial charge in [0.1, 0.15) is 0 Å². The molecule has 2 atom stereocenters. The van der Waals surface area contributed by atoms with Crippen LogP contribution in [-0.4, -0.2) is 45.7 Å². The third-order valence-electron chi connectivity index (χ3n) is 4.11. The second-order valence-electron chi connectivity index (χ2n) is 5.80. The number of halogens is 1. The van der Waals surface area contributed by atoms with E-state index in [1.807, 2.05) is 13.0 Å². The van der Waals surface area contributed by atoms with E-state index in [2.05, 4.69) is 5.32 Å². The monoisotopic (exact) mass is 330 g/mol. The average molecular weight is 330 g/mol. The van der Waals surface area contributed by atoms with Crippen LogP contribution >= 0.6 is 0 Å². The van der Waals surface area contributed by atoms with Crippen molar-refractivity contribution in [2.75, 3.05) is 33.0 Å². The Bertz CT molecular complexity index is 621. The highest BCUT2D eigenvalue weighted by molar-refractivity contribution is 7.88. The Morgan fingerprint density at radius 2 is 2.23 bits per heavy atom. The molecule has 124 valence electrons. The van der Waals surface area contributed by atoms with Crippen molar-refractivity contribution in [3.05, 3.63) is 29.6 Å². The van der Waals surface area contributed by atoms with Crippen LogP contribution in [-0.2, 0) is 10.0 Å². The Morgan fingerprint density at radius 1 is 1.50 bits per heavy atom. The SMILES string of the molecule is COc1ccc([C@H](C)NC[C@H]2CCN(S(C)(=O)=O)C2)cc1F. The lowest BCUT2D eigenvalue weighted by Gasteiger charge is -2.18. The molecule has 1 fully saturated rings. The fourth-order valence-electron chi connectivity index (χ4n) is 2.68. The maximum absolute atomic E-state index is 13.7. The molecule has 0 bridgehead atoms. The molecule has 0 spiro atoms. The molecule has 22 heavy (non-hydrogen) atoms. The van der Waals surface area contributed by atoms with Crippen molar-refractivity contribution in [2.24, 2.45) is 5.92 Å². The van der Waals surface area contributed by atoms with E-state index >= 15 is 0 Å². The van der Waals surface area contributed by atoms with E-state index in [4.69, 9.17) is 4.74 Å². The number of hydrogen-bond donors (Lipinski definition) is 1. The summed E-state index contributed by atoms with van der Waals surface area (Å²) in [4.78, 5) is 0. The van der Waals surface area contributed by atoms with Gasteiger partial charge in [0.05, 0.1) is 13.4 Å². The third-order valence-corrected chi connectivity index (χ3v) is 5.38. The van der Waals surface area contributed by atoms with Crippen LogP contribution in [0.2, 0.25) is 0 Å². The molecule has 0 aromatic heterocycles. The molecule has 1 aromatic carbocycles. The predicted octanol–water partition coefficient (Wildman–Crippen LogP) is 1.77. The number of ether oxygens (including phenoxy) is 1. The molecule has 0 amide bonds. The fraction of sp³-hybridized carbons (Fsp3) is 0.600. The third kappa shape index (κ3) is 4.18. The van der Waals surface area contributed by atoms with Crippen molar-refractivity contribution in [3.8, 4) is 5.75 Å². The van der Waals surface area contributed by atoms with Gasteiger partial charge in [-0.15, -0.1) is 0 Å². The summed E-state index contributed by atoms with van der Waals surface area (Å²) in [6.07, 6.45) is 2.09. The summed E-state index contributed by atoms with van der Waals surface area (Å²) in [6, 6.07) is 4.90. The van der Waals surface area contributed by atoms with E-state index in [9.17, 15) is 12.8 Å². The van der Waals surface area contributed by atoms with Gasteiger partial charge in [-0.25, -0.2) is 17.1 Å². The number of methoxy groups -OCH3 is 1. The molecule has 1 saturated heterocycles. The zero-order valence-electron chi connectivity index (χ0n) is 13.2. The zero-order chi connectivity index (χ0) is 16.3. The van der Waals surface area contributed by atoms with Crippen LogP contribution < -0.4 is 10.1 Å². The van der Waals surface area contributed by atoms with Crippen LogP contribution in [0.3, 0.4) is 0 Å². The zero-order valence-corrected chi connectivity index (χ0v) is 14.0. The van der Waals surface area contributed by atoms with Crippen molar-refractivity contribution in [2.45, 2.75) is 19.4 Å². The summed E-state index contributed by atoms with van der Waals surface area (Å²) >= 11 is 0. The maximum atomic E-state index is 13.7.